The third kappa shape index (κ3) is 3.08. The SMILES string of the molecule is COc1cc(C(=O)Nc2ccc3c(c2)OCO3)c(-n2cnnn2)cc1OC. The predicted molar refractivity (Wildman–Crippen MR) is 92.8 cm³/mol. The van der Waals surface area contributed by atoms with Crippen molar-refractivity contribution in [1.82, 2.24) is 20.2 Å². The van der Waals surface area contributed by atoms with Gasteiger partial charge in [-0.05, 0) is 28.6 Å². The van der Waals surface area contributed by atoms with Gasteiger partial charge in [-0.3, -0.25) is 4.79 Å². The molecule has 2 heterocycles. The number of methoxy groups -OCH3 is 2. The minimum Gasteiger partial charge on any atom is -0.493 e. The molecule has 1 aliphatic rings. The van der Waals surface area contributed by atoms with Crippen molar-refractivity contribution in [3.8, 4) is 28.7 Å². The predicted octanol–water partition coefficient (Wildman–Crippen LogP) is 1.66. The number of amides is 1. The molecule has 0 spiro atoms. The summed E-state index contributed by atoms with van der Waals surface area (Å²) in [5.41, 5.74) is 1.30. The summed E-state index contributed by atoms with van der Waals surface area (Å²) in [5.74, 6) is 1.68. The van der Waals surface area contributed by atoms with Crippen LogP contribution in [0.15, 0.2) is 36.7 Å². The normalized spacial score (nSPS) is 11.9. The monoisotopic (exact) mass is 369 g/mol. The maximum atomic E-state index is 12.9. The van der Waals surface area contributed by atoms with E-state index in [9.17, 15) is 4.79 Å². The second-order valence-corrected chi connectivity index (χ2v) is 5.50. The first-order valence-electron chi connectivity index (χ1n) is 7.90. The van der Waals surface area contributed by atoms with Gasteiger partial charge in [0.05, 0.1) is 25.5 Å². The van der Waals surface area contributed by atoms with Crippen LogP contribution in [0.5, 0.6) is 23.0 Å². The number of carbonyl (C=O) groups excluding carboxylic acids is 1. The molecule has 2 aromatic carbocycles. The Labute approximate surface area is 153 Å². The summed E-state index contributed by atoms with van der Waals surface area (Å²) in [6.45, 7) is 0.159. The third-order valence-electron chi connectivity index (χ3n) is 3.97. The average Bonchev–Trinajstić information content (AvgIpc) is 3.38. The lowest BCUT2D eigenvalue weighted by molar-refractivity contribution is 0.102. The van der Waals surface area contributed by atoms with E-state index in [2.05, 4.69) is 20.8 Å². The molecule has 1 amide bonds. The van der Waals surface area contributed by atoms with E-state index in [1.807, 2.05) is 0 Å². The first-order valence-corrected chi connectivity index (χ1v) is 7.90. The molecular formula is C17H15N5O5. The highest BCUT2D eigenvalue weighted by Gasteiger charge is 2.20. The first-order chi connectivity index (χ1) is 13.2. The van der Waals surface area contributed by atoms with Crippen LogP contribution in [0.4, 0.5) is 5.69 Å². The summed E-state index contributed by atoms with van der Waals surface area (Å²) in [6.07, 6.45) is 1.39. The number of anilines is 1. The zero-order valence-electron chi connectivity index (χ0n) is 14.5. The number of nitrogens with one attached hydrogen (secondary N) is 1. The molecule has 0 saturated carbocycles. The second kappa shape index (κ2) is 6.83. The maximum absolute atomic E-state index is 12.9. The molecule has 1 aliphatic heterocycles. The van der Waals surface area contributed by atoms with E-state index < -0.39 is 0 Å². The molecular weight excluding hydrogens is 354 g/mol. The van der Waals surface area contributed by atoms with Crippen LogP contribution in [0.2, 0.25) is 0 Å². The van der Waals surface area contributed by atoms with Crippen molar-refractivity contribution in [2.45, 2.75) is 0 Å². The van der Waals surface area contributed by atoms with Crippen molar-refractivity contribution in [3.63, 3.8) is 0 Å². The van der Waals surface area contributed by atoms with E-state index in [0.717, 1.165) is 0 Å². The van der Waals surface area contributed by atoms with Gasteiger partial charge in [0.2, 0.25) is 6.79 Å². The number of fused-ring (bicyclic) bond motifs is 1. The van der Waals surface area contributed by atoms with Crippen LogP contribution >= 0.6 is 0 Å². The number of rotatable bonds is 5. The Morgan fingerprint density at radius 3 is 2.63 bits per heavy atom. The Kier molecular flexibility index (Phi) is 4.21. The van der Waals surface area contributed by atoms with Crippen LogP contribution in [0.3, 0.4) is 0 Å². The number of ether oxygens (including phenoxy) is 4. The molecule has 0 unspecified atom stereocenters. The van der Waals surface area contributed by atoms with Crippen LogP contribution in [-0.2, 0) is 0 Å². The Morgan fingerprint density at radius 1 is 1.11 bits per heavy atom. The summed E-state index contributed by atoms with van der Waals surface area (Å²) in [5, 5.41) is 13.9. The minimum absolute atomic E-state index is 0.159. The molecule has 0 bridgehead atoms. The summed E-state index contributed by atoms with van der Waals surface area (Å²) < 4.78 is 22.6. The molecule has 0 radical (unpaired) electrons. The molecule has 0 fully saturated rings. The first kappa shape index (κ1) is 16.6. The van der Waals surface area contributed by atoms with Gasteiger partial charge in [-0.2, -0.15) is 4.68 Å². The standard InChI is InChI=1S/C17H15N5O5/c1-24-14-6-11(12(7-15(14)25-2)22-8-18-20-21-22)17(23)19-10-3-4-13-16(5-10)27-9-26-13/h3-8H,9H2,1-2H3,(H,19,23). The van der Waals surface area contributed by atoms with Crippen LogP contribution in [0, 0.1) is 0 Å². The minimum atomic E-state index is -0.375. The molecule has 0 saturated heterocycles. The van der Waals surface area contributed by atoms with Crippen LogP contribution in [0.1, 0.15) is 10.4 Å². The van der Waals surface area contributed by atoms with Gasteiger partial charge in [-0.25, -0.2) is 0 Å². The molecule has 10 nitrogen and oxygen atoms in total. The van der Waals surface area contributed by atoms with Crippen LogP contribution in [0.25, 0.3) is 5.69 Å². The Balaban J connectivity index is 1.72. The van der Waals surface area contributed by atoms with Gasteiger partial charge in [0.25, 0.3) is 5.91 Å². The van der Waals surface area contributed by atoms with Crippen LogP contribution in [-0.4, -0.2) is 47.1 Å². The fourth-order valence-electron chi connectivity index (χ4n) is 2.68. The number of aromatic nitrogens is 4. The molecule has 3 aromatic rings. The summed E-state index contributed by atoms with van der Waals surface area (Å²) in [6, 6.07) is 8.34. The molecule has 1 N–H and O–H groups in total. The van der Waals surface area contributed by atoms with Crippen molar-refractivity contribution >= 4 is 11.6 Å². The molecule has 4 rings (SSSR count). The quantitative estimate of drug-likeness (QED) is 0.723. The number of carbonyl (C=O) groups is 1. The lowest BCUT2D eigenvalue weighted by Gasteiger charge is -2.14. The van der Waals surface area contributed by atoms with Gasteiger partial charge >= 0.3 is 0 Å². The molecule has 138 valence electrons. The molecule has 0 atom stereocenters. The smallest absolute Gasteiger partial charge is 0.258 e. The topological polar surface area (TPSA) is 110 Å². The summed E-state index contributed by atoms with van der Waals surface area (Å²) in [7, 11) is 3.00. The van der Waals surface area contributed by atoms with E-state index in [1.165, 1.54) is 25.2 Å². The van der Waals surface area contributed by atoms with Crippen molar-refractivity contribution < 1.29 is 23.7 Å². The Bertz CT molecular complexity index is 990. The van der Waals surface area contributed by atoms with Gasteiger partial charge in [-0.15, -0.1) is 5.10 Å². The maximum Gasteiger partial charge on any atom is 0.258 e. The van der Waals surface area contributed by atoms with Gasteiger partial charge in [0.1, 0.15) is 6.33 Å². The number of benzene rings is 2. The van der Waals surface area contributed by atoms with Gasteiger partial charge in [0.15, 0.2) is 23.0 Å². The highest BCUT2D eigenvalue weighted by Crippen LogP contribution is 2.35. The molecule has 27 heavy (non-hydrogen) atoms. The third-order valence-corrected chi connectivity index (χ3v) is 3.97. The average molecular weight is 369 g/mol. The highest BCUT2D eigenvalue weighted by molar-refractivity contribution is 6.07. The zero-order valence-corrected chi connectivity index (χ0v) is 14.5. The van der Waals surface area contributed by atoms with Crippen molar-refractivity contribution in [2.24, 2.45) is 0 Å². The van der Waals surface area contributed by atoms with Crippen LogP contribution < -0.4 is 24.3 Å². The van der Waals surface area contributed by atoms with E-state index in [-0.39, 0.29) is 12.7 Å². The van der Waals surface area contributed by atoms with Gasteiger partial charge in [0, 0.05) is 17.8 Å². The van der Waals surface area contributed by atoms with Crippen molar-refractivity contribution in [3.05, 3.63) is 42.2 Å². The van der Waals surface area contributed by atoms with Gasteiger partial charge < -0.3 is 24.3 Å². The van der Waals surface area contributed by atoms with Gasteiger partial charge in [-0.1, -0.05) is 0 Å². The van der Waals surface area contributed by atoms with E-state index in [0.29, 0.717) is 39.9 Å². The Hall–Kier alpha value is -3.82. The number of hydrogen-bond donors (Lipinski definition) is 1. The van der Waals surface area contributed by atoms with Crippen molar-refractivity contribution in [1.29, 1.82) is 0 Å². The molecule has 10 heteroatoms. The zero-order chi connectivity index (χ0) is 18.8. The van der Waals surface area contributed by atoms with Crippen molar-refractivity contribution in [2.75, 3.05) is 26.3 Å². The largest absolute Gasteiger partial charge is 0.493 e. The number of tetrazole rings is 1. The summed E-state index contributed by atoms with van der Waals surface area (Å²) in [4.78, 5) is 12.9. The number of hydrogen-bond acceptors (Lipinski definition) is 8. The fraction of sp³-hybridized carbons (Fsp3) is 0.176. The van der Waals surface area contributed by atoms with E-state index >= 15 is 0 Å². The van der Waals surface area contributed by atoms with E-state index in [1.54, 1.807) is 30.3 Å². The van der Waals surface area contributed by atoms with E-state index in [4.69, 9.17) is 18.9 Å². The lowest BCUT2D eigenvalue weighted by Crippen LogP contribution is -2.16. The summed E-state index contributed by atoms with van der Waals surface area (Å²) >= 11 is 0. The Morgan fingerprint density at radius 2 is 1.89 bits per heavy atom. The number of nitrogens with zero attached hydrogens (tertiary/aromatic N) is 4. The second-order valence-electron chi connectivity index (χ2n) is 5.50. The molecule has 1 aromatic heterocycles. The molecule has 0 aliphatic carbocycles. The lowest BCUT2D eigenvalue weighted by atomic mass is 10.1. The highest BCUT2D eigenvalue weighted by atomic mass is 16.7. The fourth-order valence-corrected chi connectivity index (χ4v) is 2.68.